The first-order valence-electron chi connectivity index (χ1n) is 9.96. The van der Waals surface area contributed by atoms with Gasteiger partial charge in [0.05, 0.1) is 11.7 Å². The van der Waals surface area contributed by atoms with Crippen molar-refractivity contribution in [3.05, 3.63) is 47.0 Å². The molecule has 0 unspecified atom stereocenters. The number of hydrogen-bond acceptors (Lipinski definition) is 4. The molecular weight excluding hydrogens is 338 g/mol. The molecule has 0 spiro atoms. The molecule has 1 N–H and O–H groups in total. The molecule has 2 aromatic heterocycles. The second kappa shape index (κ2) is 9.13. The summed E-state index contributed by atoms with van der Waals surface area (Å²) in [5.41, 5.74) is 4.53. The second-order valence-corrected chi connectivity index (χ2v) is 7.48. The van der Waals surface area contributed by atoms with E-state index in [4.69, 9.17) is 0 Å². The number of piperidine rings is 1. The van der Waals surface area contributed by atoms with E-state index in [0.29, 0.717) is 13.0 Å². The number of rotatable bonds is 7. The fourth-order valence-corrected chi connectivity index (χ4v) is 3.98. The van der Waals surface area contributed by atoms with Crippen molar-refractivity contribution in [1.29, 1.82) is 0 Å². The Labute approximate surface area is 162 Å². The van der Waals surface area contributed by atoms with E-state index in [1.54, 1.807) is 6.20 Å². The van der Waals surface area contributed by atoms with Crippen LogP contribution in [-0.4, -0.2) is 45.2 Å². The number of hydrogen-bond donors (Lipinski definition) is 1. The third-order valence-corrected chi connectivity index (χ3v) is 5.65. The molecule has 0 radical (unpaired) electrons. The van der Waals surface area contributed by atoms with Crippen molar-refractivity contribution < 1.29 is 4.79 Å². The number of likely N-dealkylation sites (tertiary alicyclic amines) is 1. The number of carbonyl (C=O) groups excluding carboxylic acids is 1. The van der Waals surface area contributed by atoms with Crippen LogP contribution in [0.1, 0.15) is 54.2 Å². The van der Waals surface area contributed by atoms with Gasteiger partial charge in [-0.15, -0.1) is 0 Å². The van der Waals surface area contributed by atoms with Crippen molar-refractivity contribution in [2.75, 3.05) is 19.6 Å². The Kier molecular flexibility index (Phi) is 6.61. The van der Waals surface area contributed by atoms with E-state index >= 15 is 0 Å². The molecule has 1 saturated heterocycles. The number of carbonyl (C=O) groups is 1. The highest BCUT2D eigenvalue weighted by atomic mass is 16.1. The maximum Gasteiger partial charge on any atom is 0.220 e. The predicted molar refractivity (Wildman–Crippen MR) is 106 cm³/mol. The third-order valence-electron chi connectivity index (χ3n) is 5.65. The minimum absolute atomic E-state index is 0.101. The van der Waals surface area contributed by atoms with E-state index in [1.807, 2.05) is 30.9 Å². The number of aromatic nitrogens is 3. The number of nitrogens with one attached hydrogen (secondary N) is 1. The average Bonchev–Trinajstić information content (AvgIpc) is 2.93. The summed E-state index contributed by atoms with van der Waals surface area (Å²) in [6, 6.07) is 4.29. The molecule has 3 rings (SSSR count). The van der Waals surface area contributed by atoms with Gasteiger partial charge in [0.2, 0.25) is 5.91 Å². The van der Waals surface area contributed by atoms with E-state index in [0.717, 1.165) is 30.9 Å². The van der Waals surface area contributed by atoms with Gasteiger partial charge >= 0.3 is 0 Å². The third kappa shape index (κ3) is 4.95. The van der Waals surface area contributed by atoms with Gasteiger partial charge in [-0.25, -0.2) is 0 Å². The Hall–Kier alpha value is -2.21. The van der Waals surface area contributed by atoms with Crippen molar-refractivity contribution in [3.63, 3.8) is 0 Å². The Morgan fingerprint density at radius 2 is 2.04 bits per heavy atom. The molecule has 6 heteroatoms. The normalized spacial score (nSPS) is 16.3. The molecular formula is C21H31N5O. The molecule has 0 saturated carbocycles. The van der Waals surface area contributed by atoms with Crippen LogP contribution in [0, 0.1) is 13.8 Å². The van der Waals surface area contributed by atoms with Gasteiger partial charge in [0.1, 0.15) is 0 Å². The summed E-state index contributed by atoms with van der Waals surface area (Å²) in [6.45, 7) is 6.87. The molecule has 146 valence electrons. The highest BCUT2D eigenvalue weighted by molar-refractivity contribution is 5.76. The Bertz CT molecular complexity index is 749. The topological polar surface area (TPSA) is 63.1 Å². The van der Waals surface area contributed by atoms with E-state index in [2.05, 4.69) is 33.3 Å². The summed E-state index contributed by atoms with van der Waals surface area (Å²) in [4.78, 5) is 19.3. The average molecular weight is 370 g/mol. The Morgan fingerprint density at radius 1 is 1.26 bits per heavy atom. The molecule has 1 fully saturated rings. The zero-order chi connectivity index (χ0) is 19.2. The number of nitrogens with zero attached hydrogens (tertiary/aromatic N) is 4. The highest BCUT2D eigenvalue weighted by Gasteiger charge is 2.23. The molecule has 6 nitrogen and oxygen atoms in total. The van der Waals surface area contributed by atoms with Crippen LogP contribution in [0.15, 0.2) is 24.5 Å². The molecule has 1 amide bonds. The molecule has 0 aromatic carbocycles. The first kappa shape index (κ1) is 19.5. The fraction of sp³-hybridized carbons (Fsp3) is 0.571. The summed E-state index contributed by atoms with van der Waals surface area (Å²) in [7, 11) is 1.95. The van der Waals surface area contributed by atoms with Crippen molar-refractivity contribution in [2.24, 2.45) is 7.05 Å². The highest BCUT2D eigenvalue weighted by Crippen LogP contribution is 2.23. The fourth-order valence-electron chi connectivity index (χ4n) is 3.98. The standard InChI is InChI=1S/C21H31N5O/c1-16-19(17(2)25(3)24-16)9-10-21(27)23-15-20(18-8-7-11-22-14-18)26-12-5-4-6-13-26/h7-8,11,14,20H,4-6,9-10,12-13,15H2,1-3H3,(H,23,27)/t20-/m1/s1. The zero-order valence-corrected chi connectivity index (χ0v) is 16.7. The van der Waals surface area contributed by atoms with Crippen molar-refractivity contribution in [2.45, 2.75) is 52.0 Å². The maximum atomic E-state index is 12.5. The minimum atomic E-state index is 0.101. The first-order valence-corrected chi connectivity index (χ1v) is 9.96. The number of amides is 1. The Morgan fingerprint density at radius 3 is 2.67 bits per heavy atom. The molecule has 1 aliphatic heterocycles. The van der Waals surface area contributed by atoms with E-state index < -0.39 is 0 Å². The lowest BCUT2D eigenvalue weighted by Gasteiger charge is -2.34. The molecule has 27 heavy (non-hydrogen) atoms. The lowest BCUT2D eigenvalue weighted by molar-refractivity contribution is -0.121. The zero-order valence-electron chi connectivity index (χ0n) is 16.7. The van der Waals surface area contributed by atoms with Crippen LogP contribution < -0.4 is 5.32 Å². The van der Waals surface area contributed by atoms with Gasteiger partial charge in [-0.3, -0.25) is 19.4 Å². The van der Waals surface area contributed by atoms with Crippen LogP contribution in [-0.2, 0) is 18.3 Å². The second-order valence-electron chi connectivity index (χ2n) is 7.48. The lowest BCUT2D eigenvalue weighted by Crippen LogP contribution is -2.40. The largest absolute Gasteiger partial charge is 0.354 e. The number of aryl methyl sites for hydroxylation is 2. The van der Waals surface area contributed by atoms with Crippen molar-refractivity contribution >= 4 is 5.91 Å². The van der Waals surface area contributed by atoms with Crippen LogP contribution in [0.5, 0.6) is 0 Å². The van der Waals surface area contributed by atoms with E-state index in [1.165, 1.54) is 30.4 Å². The lowest BCUT2D eigenvalue weighted by atomic mass is 10.0. The van der Waals surface area contributed by atoms with Gasteiger partial charge in [0.25, 0.3) is 0 Å². The molecule has 3 heterocycles. The smallest absolute Gasteiger partial charge is 0.220 e. The molecule has 1 atom stereocenters. The van der Waals surface area contributed by atoms with Gasteiger partial charge in [0, 0.05) is 38.1 Å². The van der Waals surface area contributed by atoms with E-state index in [9.17, 15) is 4.79 Å². The number of pyridine rings is 1. The van der Waals surface area contributed by atoms with Crippen LogP contribution >= 0.6 is 0 Å². The quantitative estimate of drug-likeness (QED) is 0.815. The molecule has 1 aliphatic rings. The SMILES string of the molecule is Cc1nn(C)c(C)c1CCC(=O)NC[C@H](c1cccnc1)N1CCCCC1. The summed E-state index contributed by atoms with van der Waals surface area (Å²) < 4.78 is 1.89. The van der Waals surface area contributed by atoms with Crippen LogP contribution in [0.2, 0.25) is 0 Å². The minimum Gasteiger partial charge on any atom is -0.354 e. The van der Waals surface area contributed by atoms with Gasteiger partial charge in [-0.05, 0) is 63.4 Å². The molecule has 0 bridgehead atoms. The predicted octanol–water partition coefficient (Wildman–Crippen LogP) is 2.71. The van der Waals surface area contributed by atoms with Crippen molar-refractivity contribution in [1.82, 2.24) is 25.0 Å². The first-order chi connectivity index (χ1) is 13.1. The summed E-state index contributed by atoms with van der Waals surface area (Å²) in [5, 5.41) is 7.59. The molecule has 0 aliphatic carbocycles. The maximum absolute atomic E-state index is 12.5. The summed E-state index contributed by atoms with van der Waals surface area (Å²) >= 11 is 0. The van der Waals surface area contributed by atoms with Crippen LogP contribution in [0.3, 0.4) is 0 Å². The Balaban J connectivity index is 1.58. The van der Waals surface area contributed by atoms with Crippen LogP contribution in [0.25, 0.3) is 0 Å². The monoisotopic (exact) mass is 369 g/mol. The van der Waals surface area contributed by atoms with Crippen molar-refractivity contribution in [3.8, 4) is 0 Å². The summed E-state index contributed by atoms with van der Waals surface area (Å²) in [5.74, 6) is 0.101. The van der Waals surface area contributed by atoms with Gasteiger partial charge in [0.15, 0.2) is 0 Å². The van der Waals surface area contributed by atoms with E-state index in [-0.39, 0.29) is 11.9 Å². The molecule has 2 aromatic rings. The van der Waals surface area contributed by atoms with Gasteiger partial charge in [-0.1, -0.05) is 12.5 Å². The van der Waals surface area contributed by atoms with Gasteiger partial charge < -0.3 is 5.32 Å². The van der Waals surface area contributed by atoms with Crippen LogP contribution in [0.4, 0.5) is 0 Å². The van der Waals surface area contributed by atoms with Gasteiger partial charge in [-0.2, -0.15) is 5.10 Å². The summed E-state index contributed by atoms with van der Waals surface area (Å²) in [6.07, 6.45) is 8.70.